The lowest BCUT2D eigenvalue weighted by Gasteiger charge is -2.11. The summed E-state index contributed by atoms with van der Waals surface area (Å²) in [5.74, 6) is -1.75. The van der Waals surface area contributed by atoms with Crippen molar-refractivity contribution in [3.63, 3.8) is 0 Å². The third-order valence-electron chi connectivity index (χ3n) is 3.69. The highest BCUT2D eigenvalue weighted by molar-refractivity contribution is 6.30. The molecule has 1 amide bonds. The van der Waals surface area contributed by atoms with Crippen LogP contribution in [0.5, 0.6) is 0 Å². The second-order valence-electron chi connectivity index (χ2n) is 5.57. The van der Waals surface area contributed by atoms with Gasteiger partial charge < -0.3 is 5.32 Å². The first-order valence-corrected chi connectivity index (χ1v) is 8.13. The van der Waals surface area contributed by atoms with Gasteiger partial charge in [-0.05, 0) is 24.3 Å². The maximum atomic E-state index is 14.5. The van der Waals surface area contributed by atoms with Crippen molar-refractivity contribution < 1.29 is 13.6 Å². The maximum absolute atomic E-state index is 14.5. The predicted octanol–water partition coefficient (Wildman–Crippen LogP) is 3.37. The zero-order valence-electron chi connectivity index (χ0n) is 14.0. The van der Waals surface area contributed by atoms with Gasteiger partial charge in [-0.1, -0.05) is 23.7 Å². The SMILES string of the molecule is CC(=O)NCc1cccc(F)c1-n1nc(-c2ccc(Cl)c(F)c2)nc1C#N. The Morgan fingerprint density at radius 2 is 2.07 bits per heavy atom. The molecule has 0 aliphatic rings. The zero-order chi connectivity index (χ0) is 19.6. The Bertz CT molecular complexity index is 1070. The van der Waals surface area contributed by atoms with Gasteiger partial charge in [-0.2, -0.15) is 10.2 Å². The van der Waals surface area contributed by atoms with Crippen LogP contribution in [0, 0.1) is 23.0 Å². The Kier molecular flexibility index (Phi) is 5.14. The van der Waals surface area contributed by atoms with Crippen molar-refractivity contribution in [2.45, 2.75) is 13.5 Å². The number of hydrogen-bond donors (Lipinski definition) is 1. The van der Waals surface area contributed by atoms with Gasteiger partial charge in [0, 0.05) is 24.6 Å². The van der Waals surface area contributed by atoms with Gasteiger partial charge >= 0.3 is 0 Å². The molecule has 27 heavy (non-hydrogen) atoms. The van der Waals surface area contributed by atoms with Crippen molar-refractivity contribution >= 4 is 17.5 Å². The Hall–Kier alpha value is -3.31. The van der Waals surface area contributed by atoms with Crippen molar-refractivity contribution in [3.8, 4) is 23.1 Å². The second kappa shape index (κ2) is 7.51. The third-order valence-corrected chi connectivity index (χ3v) is 4.00. The van der Waals surface area contributed by atoms with Crippen molar-refractivity contribution in [1.82, 2.24) is 20.1 Å². The van der Waals surface area contributed by atoms with E-state index in [1.54, 1.807) is 6.07 Å². The Balaban J connectivity index is 2.13. The zero-order valence-corrected chi connectivity index (χ0v) is 14.8. The molecular formula is C18H12ClF2N5O. The fourth-order valence-corrected chi connectivity index (χ4v) is 2.57. The molecule has 3 aromatic rings. The van der Waals surface area contributed by atoms with Gasteiger partial charge in [0.15, 0.2) is 5.82 Å². The molecule has 0 unspecified atom stereocenters. The van der Waals surface area contributed by atoms with Crippen LogP contribution in [-0.4, -0.2) is 20.7 Å². The molecular weight excluding hydrogens is 376 g/mol. The molecule has 9 heteroatoms. The molecule has 1 aromatic heterocycles. The molecule has 1 heterocycles. The van der Waals surface area contributed by atoms with Crippen molar-refractivity contribution in [1.29, 1.82) is 5.26 Å². The van der Waals surface area contributed by atoms with E-state index in [9.17, 15) is 18.8 Å². The van der Waals surface area contributed by atoms with E-state index in [1.165, 1.54) is 31.2 Å². The van der Waals surface area contributed by atoms with E-state index in [2.05, 4.69) is 15.4 Å². The number of nitriles is 1. The number of aromatic nitrogens is 3. The van der Waals surface area contributed by atoms with E-state index < -0.39 is 11.6 Å². The summed E-state index contributed by atoms with van der Waals surface area (Å²) in [7, 11) is 0. The number of rotatable bonds is 4. The van der Waals surface area contributed by atoms with Crippen LogP contribution in [-0.2, 0) is 11.3 Å². The number of para-hydroxylation sites is 1. The van der Waals surface area contributed by atoms with Crippen LogP contribution in [0.3, 0.4) is 0 Å². The number of carbonyl (C=O) groups is 1. The van der Waals surface area contributed by atoms with Gasteiger partial charge in [-0.15, -0.1) is 5.10 Å². The molecule has 0 saturated heterocycles. The molecule has 0 aliphatic carbocycles. The lowest BCUT2D eigenvalue weighted by molar-refractivity contribution is -0.119. The number of benzene rings is 2. The normalized spacial score (nSPS) is 10.5. The van der Waals surface area contributed by atoms with Crippen LogP contribution in [0.4, 0.5) is 8.78 Å². The first kappa shape index (κ1) is 18.5. The Morgan fingerprint density at radius 3 is 2.74 bits per heavy atom. The average molecular weight is 388 g/mol. The Labute approximate surface area is 158 Å². The summed E-state index contributed by atoms with van der Waals surface area (Å²) in [6, 6.07) is 10.1. The molecule has 0 aliphatic heterocycles. The number of nitrogens with one attached hydrogen (secondary N) is 1. The Morgan fingerprint density at radius 1 is 1.30 bits per heavy atom. The van der Waals surface area contributed by atoms with Gasteiger partial charge in [0.05, 0.1) is 5.02 Å². The van der Waals surface area contributed by atoms with Crippen molar-refractivity contribution in [3.05, 3.63) is 64.4 Å². The van der Waals surface area contributed by atoms with Crippen LogP contribution in [0.25, 0.3) is 17.1 Å². The molecule has 2 aromatic carbocycles. The molecule has 0 saturated carbocycles. The summed E-state index contributed by atoms with van der Waals surface area (Å²) in [5, 5.41) is 16.0. The van der Waals surface area contributed by atoms with E-state index in [-0.39, 0.29) is 40.4 Å². The number of hydrogen-bond acceptors (Lipinski definition) is 4. The molecule has 1 N–H and O–H groups in total. The number of amides is 1. The van der Waals surface area contributed by atoms with Crippen LogP contribution in [0.2, 0.25) is 5.02 Å². The topological polar surface area (TPSA) is 83.6 Å². The average Bonchev–Trinajstić information content (AvgIpc) is 3.06. The minimum Gasteiger partial charge on any atom is -0.352 e. The van der Waals surface area contributed by atoms with Gasteiger partial charge in [0.1, 0.15) is 23.4 Å². The van der Waals surface area contributed by atoms with Crippen molar-refractivity contribution in [2.75, 3.05) is 0 Å². The molecule has 0 bridgehead atoms. The van der Waals surface area contributed by atoms with Crippen LogP contribution in [0.15, 0.2) is 36.4 Å². The van der Waals surface area contributed by atoms with Crippen molar-refractivity contribution in [2.24, 2.45) is 0 Å². The van der Waals surface area contributed by atoms with Gasteiger partial charge in [0.2, 0.25) is 11.7 Å². The van der Waals surface area contributed by atoms with E-state index in [1.807, 2.05) is 6.07 Å². The van der Waals surface area contributed by atoms with E-state index in [0.29, 0.717) is 5.56 Å². The van der Waals surface area contributed by atoms with Gasteiger partial charge in [-0.3, -0.25) is 4.79 Å². The van der Waals surface area contributed by atoms with E-state index in [0.717, 1.165) is 10.7 Å². The van der Waals surface area contributed by atoms with Crippen LogP contribution in [0.1, 0.15) is 18.3 Å². The summed E-state index contributed by atoms with van der Waals surface area (Å²) in [6.45, 7) is 1.38. The minimum atomic E-state index is -0.665. The lowest BCUT2D eigenvalue weighted by Crippen LogP contribution is -2.21. The standard InChI is InChI=1S/C18H12ClF2N5O/c1-10(27)23-9-12-3-2-4-14(20)17(12)26-16(8-22)24-18(25-26)11-5-6-13(19)15(21)7-11/h2-7H,9H2,1H3,(H,23,27). The van der Waals surface area contributed by atoms with Gasteiger partial charge in [0.25, 0.3) is 0 Å². The molecule has 6 nitrogen and oxygen atoms in total. The molecule has 0 fully saturated rings. The van der Waals surface area contributed by atoms with Crippen LogP contribution >= 0.6 is 11.6 Å². The summed E-state index contributed by atoms with van der Waals surface area (Å²) >= 11 is 5.67. The molecule has 136 valence electrons. The lowest BCUT2D eigenvalue weighted by atomic mass is 10.1. The highest BCUT2D eigenvalue weighted by Gasteiger charge is 2.19. The molecule has 0 spiro atoms. The second-order valence-corrected chi connectivity index (χ2v) is 5.98. The first-order valence-electron chi connectivity index (χ1n) is 7.75. The molecule has 0 radical (unpaired) electrons. The molecule has 0 atom stereocenters. The number of nitrogens with zero attached hydrogens (tertiary/aromatic N) is 4. The first-order chi connectivity index (χ1) is 12.9. The number of halogens is 3. The monoisotopic (exact) mass is 387 g/mol. The summed E-state index contributed by atoms with van der Waals surface area (Å²) < 4.78 is 29.3. The highest BCUT2D eigenvalue weighted by atomic mass is 35.5. The minimum absolute atomic E-state index is 0.0176. The predicted molar refractivity (Wildman–Crippen MR) is 94.0 cm³/mol. The summed E-state index contributed by atoms with van der Waals surface area (Å²) in [5.41, 5.74) is 0.670. The summed E-state index contributed by atoms with van der Waals surface area (Å²) in [6.07, 6.45) is 0. The largest absolute Gasteiger partial charge is 0.352 e. The van der Waals surface area contributed by atoms with Gasteiger partial charge in [-0.25, -0.2) is 13.5 Å². The fraction of sp³-hybridized carbons (Fsp3) is 0.111. The molecule has 3 rings (SSSR count). The quantitative estimate of drug-likeness (QED) is 0.743. The number of carbonyl (C=O) groups excluding carboxylic acids is 1. The van der Waals surface area contributed by atoms with E-state index >= 15 is 0 Å². The maximum Gasteiger partial charge on any atom is 0.236 e. The fourth-order valence-electron chi connectivity index (χ4n) is 2.46. The highest BCUT2D eigenvalue weighted by Crippen LogP contribution is 2.25. The third kappa shape index (κ3) is 3.78. The van der Waals surface area contributed by atoms with Crippen LogP contribution < -0.4 is 5.32 Å². The van der Waals surface area contributed by atoms with E-state index in [4.69, 9.17) is 11.6 Å². The smallest absolute Gasteiger partial charge is 0.236 e. The summed E-state index contributed by atoms with van der Waals surface area (Å²) in [4.78, 5) is 15.2.